The molecule has 1 aliphatic rings. The number of carbonyl (C=O) groups is 1. The summed E-state index contributed by atoms with van der Waals surface area (Å²) in [6.45, 7) is 4.17. The first-order valence-corrected chi connectivity index (χ1v) is 7.36. The number of nitrogens with one attached hydrogen (secondary N) is 1. The van der Waals surface area contributed by atoms with Gasteiger partial charge in [-0.3, -0.25) is 4.79 Å². The summed E-state index contributed by atoms with van der Waals surface area (Å²) in [6, 6.07) is 3.94. The summed E-state index contributed by atoms with van der Waals surface area (Å²) in [5, 5.41) is 14.4. The van der Waals surface area contributed by atoms with E-state index in [4.69, 9.17) is 15.7 Å². The van der Waals surface area contributed by atoms with Crippen molar-refractivity contribution in [1.82, 2.24) is 5.32 Å². The lowest BCUT2D eigenvalue weighted by Gasteiger charge is -2.22. The molecule has 0 unspecified atom stereocenters. The zero-order valence-corrected chi connectivity index (χ0v) is 13.5. The molecule has 6 nitrogen and oxygen atoms in total. The number of hydrogen-bond acceptors (Lipinski definition) is 4. The largest absolute Gasteiger partial charge is 0.493 e. The van der Waals surface area contributed by atoms with Crippen molar-refractivity contribution in [3.05, 3.63) is 27.7 Å². The maximum absolute atomic E-state index is 12.2. The van der Waals surface area contributed by atoms with Gasteiger partial charge in [0, 0.05) is 23.0 Å². The molecule has 0 saturated carbocycles. The van der Waals surface area contributed by atoms with Gasteiger partial charge in [-0.25, -0.2) is 0 Å². The second-order valence-corrected chi connectivity index (χ2v) is 6.36. The Hall–Kier alpha value is -1.76. The second kappa shape index (κ2) is 5.93. The Morgan fingerprint density at radius 3 is 2.95 bits per heavy atom. The Bertz CT molecular complexity index is 599. The van der Waals surface area contributed by atoms with Gasteiger partial charge in [-0.05, 0) is 31.5 Å². The highest BCUT2D eigenvalue weighted by Crippen LogP contribution is 2.33. The van der Waals surface area contributed by atoms with E-state index in [0.717, 1.165) is 27.8 Å². The van der Waals surface area contributed by atoms with Gasteiger partial charge in [0.2, 0.25) is 5.91 Å². The van der Waals surface area contributed by atoms with E-state index < -0.39 is 5.41 Å². The van der Waals surface area contributed by atoms with Crippen LogP contribution in [0, 0.1) is 5.41 Å². The van der Waals surface area contributed by atoms with E-state index in [-0.39, 0.29) is 11.7 Å². The molecule has 0 radical (unpaired) electrons. The fourth-order valence-electron chi connectivity index (χ4n) is 2.12. The zero-order valence-electron chi connectivity index (χ0n) is 11.9. The number of nitrogens with zero attached hydrogens (tertiary/aromatic N) is 1. The SMILES string of the molecule is CC(C)(C(=O)NCc1cc(Br)cc2c1OCC2)/C(N)=N/O. The normalized spacial score (nSPS) is 14.5. The topological polar surface area (TPSA) is 96.9 Å². The molecule has 0 spiro atoms. The summed E-state index contributed by atoms with van der Waals surface area (Å²) >= 11 is 3.46. The smallest absolute Gasteiger partial charge is 0.233 e. The minimum atomic E-state index is -1.08. The van der Waals surface area contributed by atoms with Crippen LogP contribution < -0.4 is 15.8 Å². The summed E-state index contributed by atoms with van der Waals surface area (Å²) < 4.78 is 6.56. The van der Waals surface area contributed by atoms with Crippen molar-refractivity contribution < 1.29 is 14.7 Å². The second-order valence-electron chi connectivity index (χ2n) is 5.44. The fraction of sp³-hybridized carbons (Fsp3) is 0.429. The van der Waals surface area contributed by atoms with E-state index in [2.05, 4.69) is 26.4 Å². The third kappa shape index (κ3) is 3.12. The van der Waals surface area contributed by atoms with Crippen molar-refractivity contribution >= 4 is 27.7 Å². The first-order chi connectivity index (χ1) is 9.86. The Morgan fingerprint density at radius 1 is 1.57 bits per heavy atom. The highest BCUT2D eigenvalue weighted by Gasteiger charge is 2.32. The Kier molecular flexibility index (Phi) is 4.41. The maximum atomic E-state index is 12.2. The van der Waals surface area contributed by atoms with Crippen molar-refractivity contribution in [2.45, 2.75) is 26.8 Å². The number of nitrogens with two attached hydrogens (primary N) is 1. The van der Waals surface area contributed by atoms with Crippen molar-refractivity contribution in [3.8, 4) is 5.75 Å². The average Bonchev–Trinajstić information content (AvgIpc) is 2.91. The van der Waals surface area contributed by atoms with Crippen molar-refractivity contribution in [3.63, 3.8) is 0 Å². The first kappa shape index (κ1) is 15.6. The number of oxime groups is 1. The van der Waals surface area contributed by atoms with Gasteiger partial charge in [-0.2, -0.15) is 0 Å². The molecule has 0 bridgehead atoms. The van der Waals surface area contributed by atoms with Gasteiger partial charge < -0.3 is 21.0 Å². The van der Waals surface area contributed by atoms with Crippen LogP contribution in [0.2, 0.25) is 0 Å². The van der Waals surface area contributed by atoms with E-state index in [1.54, 1.807) is 13.8 Å². The maximum Gasteiger partial charge on any atom is 0.233 e. The van der Waals surface area contributed by atoms with E-state index >= 15 is 0 Å². The summed E-state index contributed by atoms with van der Waals surface area (Å²) in [4.78, 5) is 12.2. The number of benzene rings is 1. The third-order valence-corrected chi connectivity index (χ3v) is 4.04. The Balaban J connectivity index is 2.13. The van der Waals surface area contributed by atoms with Crippen LogP contribution in [0.5, 0.6) is 5.75 Å². The molecule has 1 aromatic rings. The highest BCUT2D eigenvalue weighted by atomic mass is 79.9. The summed E-state index contributed by atoms with van der Waals surface area (Å²) in [5.41, 5.74) is 6.50. The van der Waals surface area contributed by atoms with Gasteiger partial charge >= 0.3 is 0 Å². The molecule has 0 aliphatic carbocycles. The Morgan fingerprint density at radius 2 is 2.29 bits per heavy atom. The van der Waals surface area contributed by atoms with Crippen LogP contribution in [0.1, 0.15) is 25.0 Å². The number of halogens is 1. The summed E-state index contributed by atoms with van der Waals surface area (Å²) in [6.07, 6.45) is 0.866. The van der Waals surface area contributed by atoms with Gasteiger partial charge in [0.25, 0.3) is 0 Å². The number of hydrogen-bond donors (Lipinski definition) is 3. The number of carbonyl (C=O) groups excluding carboxylic acids is 1. The van der Waals surface area contributed by atoms with Crippen LogP contribution in [-0.4, -0.2) is 23.6 Å². The van der Waals surface area contributed by atoms with Crippen LogP contribution in [0.3, 0.4) is 0 Å². The lowest BCUT2D eigenvalue weighted by Crippen LogP contribution is -2.45. The summed E-state index contributed by atoms with van der Waals surface area (Å²) in [7, 11) is 0. The van der Waals surface area contributed by atoms with Crippen molar-refractivity contribution in [1.29, 1.82) is 0 Å². The molecule has 0 fully saturated rings. The molecular formula is C14H18BrN3O3. The lowest BCUT2D eigenvalue weighted by molar-refractivity contribution is -0.126. The minimum Gasteiger partial charge on any atom is -0.493 e. The van der Waals surface area contributed by atoms with Crippen LogP contribution in [-0.2, 0) is 17.8 Å². The molecular weight excluding hydrogens is 338 g/mol. The molecule has 0 atom stereocenters. The number of amides is 1. The lowest BCUT2D eigenvalue weighted by atomic mass is 9.91. The van der Waals surface area contributed by atoms with Gasteiger partial charge in [0.1, 0.15) is 11.2 Å². The monoisotopic (exact) mass is 355 g/mol. The quantitative estimate of drug-likeness (QED) is 0.332. The van der Waals surface area contributed by atoms with Crippen LogP contribution in [0.25, 0.3) is 0 Å². The van der Waals surface area contributed by atoms with Gasteiger partial charge in [-0.1, -0.05) is 21.1 Å². The van der Waals surface area contributed by atoms with E-state index in [9.17, 15) is 4.79 Å². The number of ether oxygens (including phenoxy) is 1. The number of fused-ring (bicyclic) bond motifs is 1. The third-order valence-electron chi connectivity index (χ3n) is 3.58. The minimum absolute atomic E-state index is 0.129. The van der Waals surface area contributed by atoms with Crippen molar-refractivity contribution in [2.24, 2.45) is 16.3 Å². The molecule has 1 amide bonds. The van der Waals surface area contributed by atoms with Crippen molar-refractivity contribution in [2.75, 3.05) is 6.61 Å². The predicted octanol–water partition coefficient (Wildman–Crippen LogP) is 1.77. The Labute approximate surface area is 131 Å². The first-order valence-electron chi connectivity index (χ1n) is 6.56. The van der Waals surface area contributed by atoms with E-state index in [0.29, 0.717) is 13.2 Å². The molecule has 1 aromatic carbocycles. The predicted molar refractivity (Wildman–Crippen MR) is 82.4 cm³/mol. The average molecular weight is 356 g/mol. The van der Waals surface area contributed by atoms with Crippen LogP contribution >= 0.6 is 15.9 Å². The van der Waals surface area contributed by atoms with Crippen LogP contribution in [0.4, 0.5) is 0 Å². The number of amidine groups is 1. The molecule has 0 aromatic heterocycles. The summed E-state index contributed by atoms with van der Waals surface area (Å²) in [5.74, 6) is 0.389. The fourth-order valence-corrected chi connectivity index (χ4v) is 2.67. The van der Waals surface area contributed by atoms with Gasteiger partial charge in [0.15, 0.2) is 5.84 Å². The van der Waals surface area contributed by atoms with Gasteiger partial charge in [-0.15, -0.1) is 0 Å². The van der Waals surface area contributed by atoms with E-state index in [1.165, 1.54) is 0 Å². The van der Waals surface area contributed by atoms with Gasteiger partial charge in [0.05, 0.1) is 6.61 Å². The molecule has 1 heterocycles. The van der Waals surface area contributed by atoms with E-state index in [1.807, 2.05) is 12.1 Å². The number of rotatable bonds is 4. The highest BCUT2D eigenvalue weighted by molar-refractivity contribution is 9.10. The molecule has 2 rings (SSSR count). The molecule has 7 heteroatoms. The molecule has 21 heavy (non-hydrogen) atoms. The molecule has 114 valence electrons. The molecule has 0 saturated heterocycles. The zero-order chi connectivity index (χ0) is 15.6. The molecule has 4 N–H and O–H groups in total. The standard InChI is InChI=1S/C14H18BrN3O3/c1-14(2,12(16)18-20)13(19)17-7-9-6-10(15)5-8-3-4-21-11(8)9/h5-6,20H,3-4,7H2,1-2H3,(H2,16,18)(H,17,19). The van der Waals surface area contributed by atoms with Crippen LogP contribution in [0.15, 0.2) is 21.8 Å². The molecule has 1 aliphatic heterocycles.